The van der Waals surface area contributed by atoms with Crippen LogP contribution in [0.3, 0.4) is 0 Å². The van der Waals surface area contributed by atoms with Crippen molar-refractivity contribution in [3.05, 3.63) is 60.7 Å². The summed E-state index contributed by atoms with van der Waals surface area (Å²) in [7, 11) is 0. The first kappa shape index (κ1) is 16.2. The van der Waals surface area contributed by atoms with E-state index < -0.39 is 38.6 Å². The molecule has 0 saturated heterocycles. The number of benzene rings is 1. The van der Waals surface area contributed by atoms with E-state index in [9.17, 15) is 28.1 Å². The zero-order valence-corrected chi connectivity index (χ0v) is 11.8. The maximum atomic E-state index is 12.9. The third-order valence-corrected chi connectivity index (χ3v) is 3.20. The van der Waals surface area contributed by atoms with Gasteiger partial charge < -0.3 is 0 Å². The molecule has 1 heterocycles. The van der Waals surface area contributed by atoms with E-state index in [1.807, 2.05) is 0 Å². The zero-order valence-electron chi connectivity index (χ0n) is 10.3. The number of nitrogens with zero attached hydrogens (tertiary/aromatic N) is 3. The van der Waals surface area contributed by atoms with Crippen molar-refractivity contribution < 1.29 is 18.1 Å². The zero-order chi connectivity index (χ0) is 16.7. The van der Waals surface area contributed by atoms with E-state index in [2.05, 4.69) is 4.98 Å². The summed E-state index contributed by atoms with van der Waals surface area (Å²) in [6.07, 6.45) is -4.08. The second kappa shape index (κ2) is 5.58. The highest BCUT2D eigenvalue weighted by Gasteiger charge is 2.37. The molecular weight excluding hydrogens is 350 g/mol. The summed E-state index contributed by atoms with van der Waals surface area (Å²) in [5, 5.41) is 9.80. The Kier molecular flexibility index (Phi) is 4.12. The van der Waals surface area contributed by atoms with Crippen LogP contribution in [0, 0.1) is 10.1 Å². The predicted octanol–water partition coefficient (Wildman–Crippen LogP) is 3.47. The molecule has 0 spiro atoms. The molecule has 0 amide bonds. The number of nitro benzene ring substituents is 1. The summed E-state index contributed by atoms with van der Waals surface area (Å²) in [6.45, 7) is 0. The molecule has 0 aliphatic rings. The molecule has 1 aromatic carbocycles. The van der Waals surface area contributed by atoms with E-state index in [1.54, 1.807) is 0 Å². The smallest absolute Gasteiger partial charge is 0.269 e. The van der Waals surface area contributed by atoms with E-state index in [-0.39, 0.29) is 5.15 Å². The number of hydrogen-bond acceptors (Lipinski definition) is 4. The number of nitro groups is 1. The fourth-order valence-corrected chi connectivity index (χ4v) is 2.19. The van der Waals surface area contributed by atoms with Gasteiger partial charge in [0.15, 0.2) is 0 Å². The van der Waals surface area contributed by atoms with Gasteiger partial charge in [0.05, 0.1) is 15.5 Å². The second-order valence-corrected chi connectivity index (χ2v) is 4.73. The van der Waals surface area contributed by atoms with E-state index in [1.165, 1.54) is 0 Å². The van der Waals surface area contributed by atoms with Crippen LogP contribution in [-0.4, -0.2) is 14.5 Å². The summed E-state index contributed by atoms with van der Waals surface area (Å²) in [4.78, 5) is 25.4. The molecule has 2 aromatic rings. The van der Waals surface area contributed by atoms with Gasteiger partial charge in [-0.2, -0.15) is 13.2 Å². The minimum atomic E-state index is -4.84. The molecule has 0 aliphatic heterocycles. The number of aromatic nitrogens is 2. The van der Waals surface area contributed by atoms with Gasteiger partial charge in [0.1, 0.15) is 17.2 Å². The van der Waals surface area contributed by atoms with Crippen molar-refractivity contribution in [3.8, 4) is 5.69 Å². The van der Waals surface area contributed by atoms with Crippen LogP contribution in [0.5, 0.6) is 0 Å². The van der Waals surface area contributed by atoms with Gasteiger partial charge in [-0.1, -0.05) is 23.2 Å². The predicted molar refractivity (Wildman–Crippen MR) is 71.5 cm³/mol. The highest BCUT2D eigenvalue weighted by molar-refractivity contribution is 6.33. The molecule has 0 atom stereocenters. The molecule has 0 fully saturated rings. The van der Waals surface area contributed by atoms with Gasteiger partial charge in [-0.05, 0) is 6.07 Å². The van der Waals surface area contributed by atoms with Crippen LogP contribution in [-0.2, 0) is 6.18 Å². The van der Waals surface area contributed by atoms with Crippen LogP contribution in [0.25, 0.3) is 5.69 Å². The number of halogens is 5. The van der Waals surface area contributed by atoms with Crippen molar-refractivity contribution in [1.29, 1.82) is 0 Å². The standard InChI is InChI=1S/C11H4Cl2F3N3O3/c12-7-3-8(20)18(4-17-7)10-6(19(21)22)2-1-5(9(10)13)11(14,15)16/h1-4H. The molecule has 2 rings (SSSR count). The fourth-order valence-electron chi connectivity index (χ4n) is 1.70. The topological polar surface area (TPSA) is 78.0 Å². The summed E-state index contributed by atoms with van der Waals surface area (Å²) in [6, 6.07) is 1.88. The minimum absolute atomic E-state index is 0.216. The second-order valence-electron chi connectivity index (χ2n) is 3.97. The van der Waals surface area contributed by atoms with Crippen LogP contribution >= 0.6 is 23.2 Å². The van der Waals surface area contributed by atoms with Crippen LogP contribution < -0.4 is 5.56 Å². The summed E-state index contributed by atoms with van der Waals surface area (Å²) in [5.41, 5.74) is -3.72. The first-order valence-electron chi connectivity index (χ1n) is 5.41. The molecule has 116 valence electrons. The summed E-state index contributed by atoms with van der Waals surface area (Å²) >= 11 is 11.1. The molecule has 0 saturated carbocycles. The van der Waals surface area contributed by atoms with Crippen LogP contribution in [0.15, 0.2) is 29.3 Å². The maximum Gasteiger partial charge on any atom is 0.417 e. The van der Waals surface area contributed by atoms with E-state index in [0.717, 1.165) is 12.4 Å². The lowest BCUT2D eigenvalue weighted by atomic mass is 10.1. The van der Waals surface area contributed by atoms with E-state index in [4.69, 9.17) is 23.2 Å². The molecule has 6 nitrogen and oxygen atoms in total. The minimum Gasteiger partial charge on any atom is -0.269 e. The first-order valence-corrected chi connectivity index (χ1v) is 6.17. The van der Waals surface area contributed by atoms with Gasteiger partial charge in [-0.25, -0.2) is 4.98 Å². The molecule has 0 unspecified atom stereocenters. The highest BCUT2D eigenvalue weighted by atomic mass is 35.5. The van der Waals surface area contributed by atoms with E-state index >= 15 is 0 Å². The Morgan fingerprint density at radius 1 is 1.27 bits per heavy atom. The Labute approximate surface area is 129 Å². The fraction of sp³-hybridized carbons (Fsp3) is 0.0909. The Morgan fingerprint density at radius 3 is 2.41 bits per heavy atom. The third-order valence-electron chi connectivity index (χ3n) is 2.61. The third kappa shape index (κ3) is 2.90. The van der Waals surface area contributed by atoms with Gasteiger partial charge in [-0.3, -0.25) is 19.5 Å². The monoisotopic (exact) mass is 353 g/mol. The molecule has 22 heavy (non-hydrogen) atoms. The first-order chi connectivity index (χ1) is 10.1. The summed E-state index contributed by atoms with van der Waals surface area (Å²) in [5.74, 6) is 0. The molecule has 1 aromatic heterocycles. The lowest BCUT2D eigenvalue weighted by Crippen LogP contribution is -2.20. The Morgan fingerprint density at radius 2 is 1.91 bits per heavy atom. The van der Waals surface area contributed by atoms with Crippen LogP contribution in [0.1, 0.15) is 5.56 Å². The number of alkyl halides is 3. The molecule has 0 radical (unpaired) electrons. The van der Waals surface area contributed by atoms with Crippen molar-refractivity contribution in [2.75, 3.05) is 0 Å². The maximum absolute atomic E-state index is 12.9. The normalized spacial score (nSPS) is 11.5. The lowest BCUT2D eigenvalue weighted by Gasteiger charge is -2.13. The molecule has 0 bridgehead atoms. The number of rotatable bonds is 2. The molecular formula is C11H4Cl2F3N3O3. The van der Waals surface area contributed by atoms with Gasteiger partial charge in [-0.15, -0.1) is 0 Å². The van der Waals surface area contributed by atoms with Gasteiger partial charge in [0, 0.05) is 12.1 Å². The Hall–Kier alpha value is -2.13. The van der Waals surface area contributed by atoms with Crippen molar-refractivity contribution >= 4 is 28.9 Å². The van der Waals surface area contributed by atoms with E-state index in [0.29, 0.717) is 16.7 Å². The Balaban J connectivity index is 2.87. The average molecular weight is 354 g/mol. The largest absolute Gasteiger partial charge is 0.417 e. The van der Waals surface area contributed by atoms with Gasteiger partial charge in [0.2, 0.25) is 0 Å². The van der Waals surface area contributed by atoms with Gasteiger partial charge in [0.25, 0.3) is 11.2 Å². The van der Waals surface area contributed by atoms with Crippen molar-refractivity contribution in [2.24, 2.45) is 0 Å². The molecule has 11 heteroatoms. The average Bonchev–Trinajstić information content (AvgIpc) is 2.37. The lowest BCUT2D eigenvalue weighted by molar-refractivity contribution is -0.384. The van der Waals surface area contributed by atoms with Crippen LogP contribution in [0.4, 0.5) is 18.9 Å². The highest BCUT2D eigenvalue weighted by Crippen LogP contribution is 2.40. The molecule has 0 aliphatic carbocycles. The summed E-state index contributed by atoms with van der Waals surface area (Å²) < 4.78 is 39.1. The van der Waals surface area contributed by atoms with Crippen molar-refractivity contribution in [1.82, 2.24) is 9.55 Å². The number of hydrogen-bond donors (Lipinski definition) is 0. The molecule has 0 N–H and O–H groups in total. The Bertz CT molecular complexity index is 820. The SMILES string of the molecule is O=c1cc(Cl)ncn1-c1c([N+](=O)[O-])ccc(C(F)(F)F)c1Cl. The van der Waals surface area contributed by atoms with Crippen LogP contribution in [0.2, 0.25) is 10.2 Å². The quantitative estimate of drug-likeness (QED) is 0.470. The van der Waals surface area contributed by atoms with Crippen molar-refractivity contribution in [2.45, 2.75) is 6.18 Å². The van der Waals surface area contributed by atoms with Crippen molar-refractivity contribution in [3.63, 3.8) is 0 Å². The van der Waals surface area contributed by atoms with Gasteiger partial charge >= 0.3 is 6.18 Å².